The van der Waals surface area contributed by atoms with Crippen LogP contribution < -0.4 is 11.1 Å². The Balaban J connectivity index is 2.03. The van der Waals surface area contributed by atoms with Gasteiger partial charge in [-0.1, -0.05) is 13.3 Å². The molecule has 0 saturated heterocycles. The van der Waals surface area contributed by atoms with Gasteiger partial charge < -0.3 is 11.1 Å². The van der Waals surface area contributed by atoms with Gasteiger partial charge >= 0.3 is 0 Å². The second kappa shape index (κ2) is 7.08. The van der Waals surface area contributed by atoms with Crippen molar-refractivity contribution in [1.29, 1.82) is 0 Å². The predicted octanol–water partition coefficient (Wildman–Crippen LogP) is 1.82. The van der Waals surface area contributed by atoms with Crippen LogP contribution in [0.4, 0.5) is 5.82 Å². The van der Waals surface area contributed by atoms with Gasteiger partial charge in [0.25, 0.3) is 11.8 Å². The minimum atomic E-state index is -0.658. The fourth-order valence-corrected chi connectivity index (χ4v) is 2.47. The molecule has 0 spiro atoms. The van der Waals surface area contributed by atoms with Crippen LogP contribution in [0.2, 0.25) is 0 Å². The molecule has 8 nitrogen and oxygen atoms in total. The molecule has 0 aliphatic rings. The van der Waals surface area contributed by atoms with Gasteiger partial charge in [0.2, 0.25) is 0 Å². The molecular formula is C17H18N6O2. The average molecular weight is 338 g/mol. The van der Waals surface area contributed by atoms with Crippen molar-refractivity contribution >= 4 is 23.3 Å². The number of pyridine rings is 1. The summed E-state index contributed by atoms with van der Waals surface area (Å²) in [7, 11) is 0. The van der Waals surface area contributed by atoms with Gasteiger partial charge in [0.1, 0.15) is 12.1 Å². The van der Waals surface area contributed by atoms with E-state index in [0.29, 0.717) is 17.0 Å². The summed E-state index contributed by atoms with van der Waals surface area (Å²) in [6, 6.07) is 5.02. The van der Waals surface area contributed by atoms with E-state index in [9.17, 15) is 9.59 Å². The summed E-state index contributed by atoms with van der Waals surface area (Å²) in [6.45, 7) is 2.08. The van der Waals surface area contributed by atoms with E-state index in [1.54, 1.807) is 35.0 Å². The SMILES string of the molecule is CCCCc1cc(NC(=O)c2ccncc2)n2cnc(C(N)=O)c2n1. The van der Waals surface area contributed by atoms with Crippen LogP contribution in [0.25, 0.3) is 5.65 Å². The Morgan fingerprint density at radius 3 is 2.72 bits per heavy atom. The molecule has 0 atom stereocenters. The molecule has 0 saturated carbocycles. The van der Waals surface area contributed by atoms with Crippen molar-refractivity contribution in [2.24, 2.45) is 5.73 Å². The standard InChI is InChI=1S/C17H18N6O2/c1-2-3-4-12-9-13(22-17(25)11-5-7-19-8-6-11)23-10-20-14(15(18)24)16(23)21-12/h5-10H,2-4H2,1H3,(H2,18,24)(H,22,25). The fourth-order valence-electron chi connectivity index (χ4n) is 2.47. The number of aryl methyl sites for hydroxylation is 1. The summed E-state index contributed by atoms with van der Waals surface area (Å²) in [4.78, 5) is 36.4. The number of unbranched alkanes of at least 4 members (excludes halogenated alkanes) is 1. The maximum absolute atomic E-state index is 12.4. The number of carbonyl (C=O) groups is 2. The zero-order valence-electron chi connectivity index (χ0n) is 13.8. The van der Waals surface area contributed by atoms with E-state index in [-0.39, 0.29) is 11.6 Å². The van der Waals surface area contributed by atoms with Crippen molar-refractivity contribution < 1.29 is 9.59 Å². The first kappa shape index (κ1) is 16.6. The average Bonchev–Trinajstić information content (AvgIpc) is 3.05. The number of hydrogen-bond acceptors (Lipinski definition) is 5. The van der Waals surface area contributed by atoms with Gasteiger partial charge in [-0.2, -0.15) is 0 Å². The van der Waals surface area contributed by atoms with Crippen LogP contribution >= 0.6 is 0 Å². The maximum Gasteiger partial charge on any atom is 0.271 e. The van der Waals surface area contributed by atoms with Crippen LogP contribution in [0.15, 0.2) is 36.9 Å². The number of carbonyl (C=O) groups excluding carboxylic acids is 2. The summed E-state index contributed by atoms with van der Waals surface area (Å²) in [6.07, 6.45) is 7.20. The molecule has 0 radical (unpaired) electrons. The summed E-state index contributed by atoms with van der Waals surface area (Å²) >= 11 is 0. The first-order chi connectivity index (χ1) is 12.1. The molecule has 0 aliphatic carbocycles. The Morgan fingerprint density at radius 2 is 2.04 bits per heavy atom. The smallest absolute Gasteiger partial charge is 0.271 e. The topological polar surface area (TPSA) is 115 Å². The van der Waals surface area contributed by atoms with E-state index in [0.717, 1.165) is 25.0 Å². The molecule has 3 heterocycles. The molecule has 128 valence electrons. The first-order valence-electron chi connectivity index (χ1n) is 7.98. The van der Waals surface area contributed by atoms with Gasteiger partial charge in [-0.05, 0) is 25.0 Å². The highest BCUT2D eigenvalue weighted by Gasteiger charge is 2.16. The van der Waals surface area contributed by atoms with Crippen molar-refractivity contribution in [3.05, 3.63) is 53.9 Å². The Bertz CT molecular complexity index is 920. The van der Waals surface area contributed by atoms with Crippen molar-refractivity contribution in [3.8, 4) is 0 Å². The number of nitrogens with one attached hydrogen (secondary N) is 1. The van der Waals surface area contributed by atoms with E-state index in [4.69, 9.17) is 5.73 Å². The van der Waals surface area contributed by atoms with Gasteiger partial charge in [-0.25, -0.2) is 9.97 Å². The monoisotopic (exact) mass is 338 g/mol. The second-order valence-corrected chi connectivity index (χ2v) is 5.58. The number of imidazole rings is 1. The highest BCUT2D eigenvalue weighted by atomic mass is 16.2. The van der Waals surface area contributed by atoms with E-state index >= 15 is 0 Å². The molecule has 0 bridgehead atoms. The Labute approximate surface area is 144 Å². The van der Waals surface area contributed by atoms with Gasteiger partial charge in [-0.3, -0.25) is 19.0 Å². The lowest BCUT2D eigenvalue weighted by Crippen LogP contribution is -2.16. The van der Waals surface area contributed by atoms with Crippen molar-refractivity contribution in [3.63, 3.8) is 0 Å². The number of aromatic nitrogens is 4. The Morgan fingerprint density at radius 1 is 1.28 bits per heavy atom. The molecule has 2 amide bonds. The highest BCUT2D eigenvalue weighted by molar-refractivity contribution is 6.04. The lowest BCUT2D eigenvalue weighted by molar-refractivity contribution is 0.0995. The van der Waals surface area contributed by atoms with Crippen molar-refractivity contribution in [1.82, 2.24) is 19.4 Å². The summed E-state index contributed by atoms with van der Waals surface area (Å²) in [5, 5.41) is 2.83. The quantitative estimate of drug-likeness (QED) is 0.711. The number of hydrogen-bond donors (Lipinski definition) is 2. The Hall–Kier alpha value is -3.29. The van der Waals surface area contributed by atoms with Crippen LogP contribution in [-0.2, 0) is 6.42 Å². The molecule has 0 aromatic carbocycles. The maximum atomic E-state index is 12.4. The summed E-state index contributed by atoms with van der Waals surface area (Å²) in [5.41, 5.74) is 7.03. The van der Waals surface area contributed by atoms with Gasteiger partial charge in [0.05, 0.1) is 0 Å². The molecule has 8 heteroatoms. The third-order valence-electron chi connectivity index (χ3n) is 3.76. The minimum absolute atomic E-state index is 0.0813. The number of primary amides is 1. The predicted molar refractivity (Wildman–Crippen MR) is 92.3 cm³/mol. The van der Waals surface area contributed by atoms with Gasteiger partial charge in [0.15, 0.2) is 11.3 Å². The van der Waals surface area contributed by atoms with Crippen LogP contribution in [0.3, 0.4) is 0 Å². The number of nitrogens with zero attached hydrogens (tertiary/aromatic N) is 4. The molecule has 0 unspecified atom stereocenters. The molecule has 0 aliphatic heterocycles. The summed E-state index contributed by atoms with van der Waals surface area (Å²) in [5.74, 6) is -0.461. The molecule has 25 heavy (non-hydrogen) atoms. The molecule has 3 aromatic heterocycles. The molecule has 3 aromatic rings. The van der Waals surface area contributed by atoms with Crippen LogP contribution in [-0.4, -0.2) is 31.2 Å². The lowest BCUT2D eigenvalue weighted by Gasteiger charge is -2.10. The molecule has 3 N–H and O–H groups in total. The number of fused-ring (bicyclic) bond motifs is 1. The van der Waals surface area contributed by atoms with E-state index in [1.807, 2.05) is 0 Å². The zero-order valence-corrected chi connectivity index (χ0v) is 13.8. The van der Waals surface area contributed by atoms with Crippen molar-refractivity contribution in [2.75, 3.05) is 5.32 Å². The largest absolute Gasteiger partial charge is 0.364 e. The van der Waals surface area contributed by atoms with E-state index < -0.39 is 5.91 Å². The molecule has 0 fully saturated rings. The highest BCUT2D eigenvalue weighted by Crippen LogP contribution is 2.18. The third kappa shape index (κ3) is 3.47. The third-order valence-corrected chi connectivity index (χ3v) is 3.76. The minimum Gasteiger partial charge on any atom is -0.364 e. The molecule has 3 rings (SSSR count). The summed E-state index contributed by atoms with van der Waals surface area (Å²) < 4.78 is 1.55. The van der Waals surface area contributed by atoms with Gasteiger partial charge in [-0.15, -0.1) is 0 Å². The van der Waals surface area contributed by atoms with E-state index in [1.165, 1.54) is 6.33 Å². The number of nitrogens with two attached hydrogens (primary N) is 1. The second-order valence-electron chi connectivity index (χ2n) is 5.58. The molecular weight excluding hydrogens is 320 g/mol. The van der Waals surface area contributed by atoms with E-state index in [2.05, 4.69) is 27.2 Å². The number of anilines is 1. The Kier molecular flexibility index (Phi) is 4.69. The van der Waals surface area contributed by atoms with Gasteiger partial charge in [0, 0.05) is 29.7 Å². The normalized spacial score (nSPS) is 10.8. The van der Waals surface area contributed by atoms with Crippen molar-refractivity contribution in [2.45, 2.75) is 26.2 Å². The van der Waals surface area contributed by atoms with Crippen LogP contribution in [0.1, 0.15) is 46.3 Å². The van der Waals surface area contributed by atoms with Crippen LogP contribution in [0.5, 0.6) is 0 Å². The fraction of sp³-hybridized carbons (Fsp3) is 0.235. The van der Waals surface area contributed by atoms with Crippen LogP contribution in [0, 0.1) is 0 Å². The zero-order chi connectivity index (χ0) is 17.8. The number of amides is 2. The first-order valence-corrected chi connectivity index (χ1v) is 7.98. The lowest BCUT2D eigenvalue weighted by atomic mass is 10.2. The number of rotatable bonds is 6.